The fourth-order valence-corrected chi connectivity index (χ4v) is 6.88. The minimum absolute atomic E-state index is 0.0422. The zero-order valence-corrected chi connectivity index (χ0v) is 24.4. The van der Waals surface area contributed by atoms with Crippen molar-refractivity contribution in [3.8, 4) is 0 Å². The van der Waals surface area contributed by atoms with Gasteiger partial charge < -0.3 is 21.1 Å². The molecule has 1 saturated heterocycles. The first-order chi connectivity index (χ1) is 19.5. The first kappa shape index (κ1) is 30.4. The van der Waals surface area contributed by atoms with Crippen LogP contribution in [0.4, 0.5) is 5.82 Å². The van der Waals surface area contributed by atoms with E-state index in [4.69, 9.17) is 0 Å². The highest BCUT2D eigenvalue weighted by atomic mass is 32.2. The summed E-state index contributed by atoms with van der Waals surface area (Å²) in [7, 11) is -3.77. The van der Waals surface area contributed by atoms with E-state index in [1.807, 2.05) is 6.07 Å². The maximum atomic E-state index is 13.1. The van der Waals surface area contributed by atoms with E-state index < -0.39 is 33.4 Å². The average molecular weight is 586 g/mol. The molecule has 12 heteroatoms. The molecule has 1 atom stereocenters. The minimum atomic E-state index is -3.77. The Morgan fingerprint density at radius 3 is 2.66 bits per heavy atom. The van der Waals surface area contributed by atoms with Crippen LogP contribution in [0.5, 0.6) is 0 Å². The second-order valence-corrected chi connectivity index (χ2v) is 12.9. The number of benzene rings is 1. The predicted molar refractivity (Wildman–Crippen MR) is 154 cm³/mol. The summed E-state index contributed by atoms with van der Waals surface area (Å²) in [5, 5.41) is 18.1. The van der Waals surface area contributed by atoms with Gasteiger partial charge >= 0.3 is 5.97 Å². The van der Waals surface area contributed by atoms with Crippen molar-refractivity contribution < 1.29 is 27.9 Å². The quantitative estimate of drug-likeness (QED) is 0.261. The third kappa shape index (κ3) is 7.23. The Morgan fingerprint density at radius 1 is 1.17 bits per heavy atom. The average Bonchev–Trinajstić information content (AvgIpc) is 2.92. The number of anilines is 1. The molecule has 0 spiro atoms. The van der Waals surface area contributed by atoms with Crippen LogP contribution in [-0.4, -0.2) is 72.8 Å². The van der Waals surface area contributed by atoms with Gasteiger partial charge in [-0.3, -0.25) is 9.59 Å². The van der Waals surface area contributed by atoms with E-state index in [0.29, 0.717) is 12.8 Å². The number of carboxylic acid groups (broad SMARTS) is 1. The summed E-state index contributed by atoms with van der Waals surface area (Å²) in [6.45, 7) is 4.15. The fraction of sp³-hybridized carbons (Fsp3) is 0.517. The van der Waals surface area contributed by atoms with Gasteiger partial charge in [0.05, 0.1) is 10.3 Å². The van der Waals surface area contributed by atoms with Gasteiger partial charge in [-0.25, -0.2) is 18.2 Å². The maximum Gasteiger partial charge on any atom is 0.328 e. The highest BCUT2D eigenvalue weighted by Gasteiger charge is 2.52. The molecule has 0 bridgehead atoms. The molecule has 0 radical (unpaired) electrons. The molecule has 1 unspecified atom stereocenters. The molecule has 2 aliphatic rings. The number of aryl methyl sites for hydroxylation is 3. The number of carbonyl (C=O) groups is 3. The van der Waals surface area contributed by atoms with E-state index in [0.717, 1.165) is 49.3 Å². The Balaban J connectivity index is 1.22. The summed E-state index contributed by atoms with van der Waals surface area (Å²) in [5.74, 6) is -1.17. The van der Waals surface area contributed by atoms with Crippen molar-refractivity contribution >= 4 is 33.6 Å². The summed E-state index contributed by atoms with van der Waals surface area (Å²) in [6.07, 6.45) is 4.83. The molecule has 41 heavy (non-hydrogen) atoms. The fourth-order valence-electron chi connectivity index (χ4n) is 5.17. The number of amides is 2. The topological polar surface area (TPSA) is 158 Å². The first-order valence-corrected chi connectivity index (χ1v) is 15.6. The van der Waals surface area contributed by atoms with Gasteiger partial charge in [-0.15, -0.1) is 0 Å². The normalized spacial score (nSPS) is 16.9. The number of pyridine rings is 1. The number of aromatic nitrogens is 1. The largest absolute Gasteiger partial charge is 0.480 e. The highest BCUT2D eigenvalue weighted by Crippen LogP contribution is 2.38. The van der Waals surface area contributed by atoms with Crippen LogP contribution in [0.3, 0.4) is 0 Å². The Morgan fingerprint density at radius 2 is 1.95 bits per heavy atom. The smallest absolute Gasteiger partial charge is 0.328 e. The van der Waals surface area contributed by atoms with Gasteiger partial charge in [0, 0.05) is 38.3 Å². The lowest BCUT2D eigenvalue weighted by atomic mass is 9.78. The van der Waals surface area contributed by atoms with Crippen molar-refractivity contribution in [2.75, 3.05) is 31.5 Å². The number of aliphatic carboxylic acids is 1. The van der Waals surface area contributed by atoms with E-state index in [-0.39, 0.29) is 36.9 Å². The van der Waals surface area contributed by atoms with Crippen LogP contribution in [0.25, 0.3) is 0 Å². The number of nitrogens with one attached hydrogen (secondary N) is 3. The van der Waals surface area contributed by atoms with Crippen LogP contribution in [0.1, 0.15) is 55.8 Å². The number of carbonyl (C=O) groups excluding carboxylic acids is 2. The number of fused-ring (bicyclic) bond motifs is 1. The molecule has 2 amide bonds. The van der Waals surface area contributed by atoms with E-state index >= 15 is 0 Å². The van der Waals surface area contributed by atoms with Crippen molar-refractivity contribution in [1.29, 1.82) is 0 Å². The van der Waals surface area contributed by atoms with Gasteiger partial charge in [0.25, 0.3) is 0 Å². The zero-order chi connectivity index (χ0) is 29.6. The van der Waals surface area contributed by atoms with Crippen molar-refractivity contribution in [2.24, 2.45) is 5.41 Å². The van der Waals surface area contributed by atoms with Gasteiger partial charge in [-0.2, -0.15) is 4.31 Å². The van der Waals surface area contributed by atoms with Crippen molar-refractivity contribution in [1.82, 2.24) is 19.9 Å². The number of hydrogen-bond acceptors (Lipinski definition) is 7. The van der Waals surface area contributed by atoms with Crippen LogP contribution in [0.15, 0.2) is 41.3 Å². The molecule has 0 aliphatic carbocycles. The highest BCUT2D eigenvalue weighted by molar-refractivity contribution is 7.89. The van der Waals surface area contributed by atoms with Crippen LogP contribution >= 0.6 is 0 Å². The van der Waals surface area contributed by atoms with E-state index in [1.165, 1.54) is 15.9 Å². The van der Waals surface area contributed by atoms with Crippen molar-refractivity contribution in [3.05, 3.63) is 53.2 Å². The SMILES string of the molecule is CCC1(C(=O)NC(CNC(=O)CCCCc2ccc3c(n2)NCCC3)C(=O)O)CN(S(=O)(=O)c2cccc(C)c2)C1. The molecule has 1 fully saturated rings. The standard InChI is InChI=1S/C29H39N5O6S/c1-3-29(18-34(19-29)41(39,40)23-11-6-8-20(2)16-23)28(38)33-24(27(36)37)17-31-25(35)12-5-4-10-22-14-13-21-9-7-15-30-26(21)32-22/h6,8,11,13-14,16,24H,3-5,7,9-10,12,15,17-19H2,1-2H3,(H,30,32)(H,31,35)(H,33,38)(H,36,37). The molecule has 4 N–H and O–H groups in total. The third-order valence-electron chi connectivity index (χ3n) is 7.89. The van der Waals surface area contributed by atoms with Gasteiger partial charge in [0.2, 0.25) is 21.8 Å². The van der Waals surface area contributed by atoms with Crippen molar-refractivity contribution in [2.45, 2.75) is 69.7 Å². The number of sulfonamides is 1. The molecule has 2 aromatic rings. The van der Waals surface area contributed by atoms with Crippen molar-refractivity contribution in [3.63, 3.8) is 0 Å². The monoisotopic (exact) mass is 585 g/mol. The number of carboxylic acids is 1. The molecule has 4 rings (SSSR count). The Labute approximate surface area is 241 Å². The molecule has 1 aromatic carbocycles. The molecule has 1 aromatic heterocycles. The number of unbranched alkanes of at least 4 members (excludes halogenated alkanes) is 1. The first-order valence-electron chi connectivity index (χ1n) is 14.1. The molecule has 222 valence electrons. The molecular formula is C29H39N5O6S. The van der Waals surface area contributed by atoms with E-state index in [9.17, 15) is 27.9 Å². The van der Waals surface area contributed by atoms with E-state index in [1.54, 1.807) is 32.0 Å². The summed E-state index contributed by atoms with van der Waals surface area (Å²) in [5.41, 5.74) is 1.97. The lowest BCUT2D eigenvalue weighted by molar-refractivity contribution is -0.146. The number of nitrogens with zero attached hydrogens (tertiary/aromatic N) is 2. The minimum Gasteiger partial charge on any atom is -0.480 e. The summed E-state index contributed by atoms with van der Waals surface area (Å²) in [6, 6.07) is 9.35. The zero-order valence-electron chi connectivity index (χ0n) is 23.6. The maximum absolute atomic E-state index is 13.1. The summed E-state index contributed by atoms with van der Waals surface area (Å²) in [4.78, 5) is 42.2. The van der Waals surface area contributed by atoms with Gasteiger partial charge in [-0.1, -0.05) is 25.1 Å². The summed E-state index contributed by atoms with van der Waals surface area (Å²) >= 11 is 0. The van der Waals surface area contributed by atoms with Crippen LogP contribution < -0.4 is 16.0 Å². The Bertz CT molecular complexity index is 1390. The van der Waals surface area contributed by atoms with E-state index in [2.05, 4.69) is 27.0 Å². The lowest BCUT2D eigenvalue weighted by Gasteiger charge is -2.47. The van der Waals surface area contributed by atoms with Crippen LogP contribution in [-0.2, 0) is 37.2 Å². The number of rotatable bonds is 13. The molecule has 11 nitrogen and oxygen atoms in total. The molecular weight excluding hydrogens is 546 g/mol. The second kappa shape index (κ2) is 13.0. The molecule has 0 saturated carbocycles. The second-order valence-electron chi connectivity index (χ2n) is 10.9. The molecule has 3 heterocycles. The Kier molecular flexibility index (Phi) is 9.64. The van der Waals surface area contributed by atoms with Gasteiger partial charge in [0.1, 0.15) is 11.9 Å². The number of hydrogen-bond donors (Lipinski definition) is 4. The van der Waals surface area contributed by atoms with Gasteiger partial charge in [-0.05, 0) is 74.8 Å². The third-order valence-corrected chi connectivity index (χ3v) is 9.68. The summed E-state index contributed by atoms with van der Waals surface area (Å²) < 4.78 is 27.2. The van der Waals surface area contributed by atoms with Crippen LogP contribution in [0.2, 0.25) is 0 Å². The van der Waals surface area contributed by atoms with Gasteiger partial charge in [0.15, 0.2) is 0 Å². The molecule has 2 aliphatic heterocycles. The Hall–Kier alpha value is -3.51. The predicted octanol–water partition coefficient (Wildman–Crippen LogP) is 2.25. The lowest BCUT2D eigenvalue weighted by Crippen LogP contribution is -2.66. The van der Waals surface area contributed by atoms with Crippen LogP contribution in [0, 0.1) is 12.3 Å².